The van der Waals surface area contributed by atoms with E-state index in [1.807, 2.05) is 35.2 Å². The highest BCUT2D eigenvalue weighted by atomic mass is 16.5. The van der Waals surface area contributed by atoms with Gasteiger partial charge in [-0.3, -0.25) is 4.79 Å². The van der Waals surface area contributed by atoms with Crippen LogP contribution in [0.3, 0.4) is 0 Å². The summed E-state index contributed by atoms with van der Waals surface area (Å²) in [6, 6.07) is 16.6. The number of benzene rings is 2. The summed E-state index contributed by atoms with van der Waals surface area (Å²) in [5.41, 5.74) is 3.44. The first kappa shape index (κ1) is 19.5. The third-order valence-electron chi connectivity index (χ3n) is 5.77. The maximum absolute atomic E-state index is 12.1. The van der Waals surface area contributed by atoms with Crippen molar-refractivity contribution >= 4 is 16.9 Å². The van der Waals surface area contributed by atoms with Gasteiger partial charge in [-0.05, 0) is 55.5 Å². The average molecular weight is 392 g/mol. The van der Waals surface area contributed by atoms with Crippen LogP contribution < -0.4 is 4.74 Å². The molecule has 5 heteroatoms. The number of aromatic nitrogens is 2. The lowest BCUT2D eigenvalue weighted by Crippen LogP contribution is -2.30. The van der Waals surface area contributed by atoms with Gasteiger partial charge in [0.05, 0.1) is 23.7 Å². The maximum Gasteiger partial charge on any atom is 0.220 e. The molecule has 1 fully saturated rings. The first-order valence-corrected chi connectivity index (χ1v) is 10.6. The van der Waals surface area contributed by atoms with Gasteiger partial charge in [-0.25, -0.2) is 4.98 Å². The van der Waals surface area contributed by atoms with Gasteiger partial charge in [-0.2, -0.15) is 0 Å². The molecule has 4 rings (SSSR count). The summed E-state index contributed by atoms with van der Waals surface area (Å²) in [7, 11) is 0. The van der Waals surface area contributed by atoms with E-state index in [4.69, 9.17) is 9.72 Å². The van der Waals surface area contributed by atoms with Crippen LogP contribution in [0, 0.1) is 0 Å². The Labute approximate surface area is 172 Å². The van der Waals surface area contributed by atoms with Gasteiger partial charge < -0.3 is 14.2 Å². The van der Waals surface area contributed by atoms with E-state index in [1.54, 1.807) is 6.92 Å². The van der Waals surface area contributed by atoms with Crippen molar-refractivity contribution in [1.82, 2.24) is 14.5 Å². The summed E-state index contributed by atoms with van der Waals surface area (Å²) in [4.78, 5) is 19.0. The highest BCUT2D eigenvalue weighted by Crippen LogP contribution is 2.33. The molecule has 0 spiro atoms. The van der Waals surface area contributed by atoms with Crippen molar-refractivity contribution in [2.24, 2.45) is 0 Å². The summed E-state index contributed by atoms with van der Waals surface area (Å²) >= 11 is 0. The van der Waals surface area contributed by atoms with Gasteiger partial charge >= 0.3 is 0 Å². The number of nitrogens with zero attached hydrogens (tertiary/aromatic N) is 3. The SMILES string of the molecule is CCc1ccc(OCCCn2c([C@@H]3CCCN3C(C)=O)nc3ccccc32)cc1. The van der Waals surface area contributed by atoms with Crippen LogP contribution in [-0.4, -0.2) is 33.5 Å². The average Bonchev–Trinajstić information content (AvgIpc) is 3.36. The molecule has 1 amide bonds. The van der Waals surface area contributed by atoms with Crippen molar-refractivity contribution in [2.45, 2.75) is 52.1 Å². The molecule has 1 aliphatic rings. The number of imidazole rings is 1. The second-order valence-corrected chi connectivity index (χ2v) is 7.68. The first-order valence-electron chi connectivity index (χ1n) is 10.6. The van der Waals surface area contributed by atoms with E-state index in [1.165, 1.54) is 5.56 Å². The topological polar surface area (TPSA) is 47.4 Å². The zero-order chi connectivity index (χ0) is 20.2. The summed E-state index contributed by atoms with van der Waals surface area (Å²) in [5.74, 6) is 2.05. The number of amides is 1. The minimum Gasteiger partial charge on any atom is -0.494 e. The lowest BCUT2D eigenvalue weighted by molar-refractivity contribution is -0.129. The molecule has 1 saturated heterocycles. The molecular formula is C24H29N3O2. The molecular weight excluding hydrogens is 362 g/mol. The molecule has 3 aromatic rings. The molecule has 0 aliphatic carbocycles. The number of fused-ring (bicyclic) bond motifs is 1. The number of carbonyl (C=O) groups is 1. The number of aryl methyl sites for hydroxylation is 2. The molecule has 1 aliphatic heterocycles. The molecule has 0 radical (unpaired) electrons. The third kappa shape index (κ3) is 4.14. The Hall–Kier alpha value is -2.82. The summed E-state index contributed by atoms with van der Waals surface area (Å²) < 4.78 is 8.22. The Morgan fingerprint density at radius 3 is 2.72 bits per heavy atom. The number of para-hydroxylation sites is 2. The molecule has 0 unspecified atom stereocenters. The Balaban J connectivity index is 1.49. The van der Waals surface area contributed by atoms with E-state index < -0.39 is 0 Å². The normalized spacial score (nSPS) is 16.5. The molecule has 1 aromatic heterocycles. The fourth-order valence-corrected chi connectivity index (χ4v) is 4.23. The van der Waals surface area contributed by atoms with Crippen molar-refractivity contribution in [3.63, 3.8) is 0 Å². The third-order valence-corrected chi connectivity index (χ3v) is 5.77. The van der Waals surface area contributed by atoms with Crippen molar-refractivity contribution in [2.75, 3.05) is 13.2 Å². The van der Waals surface area contributed by atoms with Crippen molar-refractivity contribution in [1.29, 1.82) is 0 Å². The van der Waals surface area contributed by atoms with E-state index >= 15 is 0 Å². The van der Waals surface area contributed by atoms with E-state index in [0.717, 1.165) is 61.4 Å². The fraction of sp³-hybridized carbons (Fsp3) is 0.417. The molecule has 152 valence electrons. The van der Waals surface area contributed by atoms with Gasteiger partial charge in [-0.1, -0.05) is 31.2 Å². The Bertz CT molecular complexity index is 977. The molecule has 29 heavy (non-hydrogen) atoms. The van der Waals surface area contributed by atoms with Crippen LogP contribution in [0.5, 0.6) is 5.75 Å². The number of rotatable bonds is 7. The van der Waals surface area contributed by atoms with E-state index in [9.17, 15) is 4.79 Å². The van der Waals surface area contributed by atoms with Gasteiger partial charge in [0, 0.05) is 20.0 Å². The predicted molar refractivity (Wildman–Crippen MR) is 115 cm³/mol. The molecule has 5 nitrogen and oxygen atoms in total. The van der Waals surface area contributed by atoms with E-state index in [-0.39, 0.29) is 11.9 Å². The number of hydrogen-bond acceptors (Lipinski definition) is 3. The zero-order valence-corrected chi connectivity index (χ0v) is 17.3. The number of ether oxygens (including phenoxy) is 1. The lowest BCUT2D eigenvalue weighted by atomic mass is 10.2. The van der Waals surface area contributed by atoms with Crippen LogP contribution in [0.4, 0.5) is 0 Å². The van der Waals surface area contributed by atoms with Crippen LogP contribution in [0.1, 0.15) is 50.5 Å². The van der Waals surface area contributed by atoms with Crippen LogP contribution in [0.25, 0.3) is 11.0 Å². The minimum absolute atomic E-state index is 0.0717. The van der Waals surface area contributed by atoms with Crippen molar-refractivity contribution in [3.05, 3.63) is 59.9 Å². The highest BCUT2D eigenvalue weighted by molar-refractivity contribution is 5.77. The van der Waals surface area contributed by atoms with Crippen LogP contribution in [0.2, 0.25) is 0 Å². The molecule has 0 N–H and O–H groups in total. The van der Waals surface area contributed by atoms with Crippen LogP contribution in [0.15, 0.2) is 48.5 Å². The molecule has 2 heterocycles. The van der Waals surface area contributed by atoms with Crippen molar-refractivity contribution < 1.29 is 9.53 Å². The highest BCUT2D eigenvalue weighted by Gasteiger charge is 2.31. The smallest absolute Gasteiger partial charge is 0.220 e. The van der Waals surface area contributed by atoms with E-state index in [0.29, 0.717) is 6.61 Å². The Morgan fingerprint density at radius 2 is 1.97 bits per heavy atom. The molecule has 0 saturated carbocycles. The zero-order valence-electron chi connectivity index (χ0n) is 17.3. The minimum atomic E-state index is 0.0717. The fourth-order valence-electron chi connectivity index (χ4n) is 4.23. The number of hydrogen-bond donors (Lipinski definition) is 0. The quantitative estimate of drug-likeness (QED) is 0.546. The summed E-state index contributed by atoms with van der Waals surface area (Å²) in [6.45, 7) is 6.10. The molecule has 0 bridgehead atoms. The molecule has 2 aromatic carbocycles. The van der Waals surface area contributed by atoms with E-state index in [2.05, 4.69) is 29.7 Å². The Kier molecular flexibility index (Phi) is 5.84. The first-order chi connectivity index (χ1) is 14.2. The monoisotopic (exact) mass is 391 g/mol. The van der Waals surface area contributed by atoms with Gasteiger partial charge in [0.1, 0.15) is 11.6 Å². The predicted octanol–water partition coefficient (Wildman–Crippen LogP) is 4.75. The maximum atomic E-state index is 12.1. The molecule has 1 atom stereocenters. The van der Waals surface area contributed by atoms with Crippen molar-refractivity contribution in [3.8, 4) is 5.75 Å². The second kappa shape index (κ2) is 8.68. The summed E-state index contributed by atoms with van der Waals surface area (Å²) in [6.07, 6.45) is 3.93. The number of carbonyl (C=O) groups excluding carboxylic acids is 1. The Morgan fingerprint density at radius 1 is 1.17 bits per heavy atom. The van der Waals surface area contributed by atoms with Gasteiger partial charge in [-0.15, -0.1) is 0 Å². The lowest BCUT2D eigenvalue weighted by Gasteiger charge is -2.24. The summed E-state index contributed by atoms with van der Waals surface area (Å²) in [5, 5.41) is 0. The second-order valence-electron chi connectivity index (χ2n) is 7.68. The van der Waals surface area contributed by atoms with Gasteiger partial charge in [0.15, 0.2) is 0 Å². The van der Waals surface area contributed by atoms with Gasteiger partial charge in [0.2, 0.25) is 5.91 Å². The van der Waals surface area contributed by atoms with Crippen LogP contribution in [-0.2, 0) is 17.8 Å². The van der Waals surface area contributed by atoms with Crippen LogP contribution >= 0.6 is 0 Å². The largest absolute Gasteiger partial charge is 0.494 e. The standard InChI is InChI=1S/C24H29N3O2/c1-3-19-11-13-20(14-12-19)29-17-7-16-27-22-9-5-4-8-21(22)25-24(27)23-10-6-15-26(23)18(2)28/h4-5,8-9,11-14,23H,3,6-7,10,15-17H2,1-2H3/t23-/m0/s1. The number of likely N-dealkylation sites (tertiary alicyclic amines) is 1. The van der Waals surface area contributed by atoms with Gasteiger partial charge in [0.25, 0.3) is 0 Å².